The van der Waals surface area contributed by atoms with Gasteiger partial charge in [0, 0.05) is 0 Å². The summed E-state index contributed by atoms with van der Waals surface area (Å²) in [7, 11) is 0. The van der Waals surface area contributed by atoms with Crippen molar-refractivity contribution < 1.29 is 24.9 Å². The fraction of sp³-hybridized carbons (Fsp3) is 0.609. The summed E-state index contributed by atoms with van der Waals surface area (Å²) in [6, 6.07) is 2.16. The van der Waals surface area contributed by atoms with E-state index < -0.39 is 23.2 Å². The van der Waals surface area contributed by atoms with Gasteiger partial charge in [0.1, 0.15) is 0 Å². The Bertz CT molecular complexity index is 539. The van der Waals surface area contributed by atoms with Gasteiger partial charge in [0.15, 0.2) is 17.2 Å². The summed E-state index contributed by atoms with van der Waals surface area (Å²) < 4.78 is 5.11. The van der Waals surface area contributed by atoms with Crippen LogP contribution in [-0.4, -0.2) is 27.9 Å². The molecule has 0 aliphatic rings. The molecule has 1 aromatic rings. The van der Waals surface area contributed by atoms with E-state index in [1.54, 1.807) is 0 Å². The second kappa shape index (κ2) is 17.0. The number of carbonyl (C=O) groups is 1. The summed E-state index contributed by atoms with van der Waals surface area (Å²) in [6.07, 6.45) is 16.1. The molecule has 0 fully saturated rings. The normalized spacial score (nSPS) is 10.5. The van der Waals surface area contributed by atoms with Gasteiger partial charge in [-0.2, -0.15) is 0 Å². The van der Waals surface area contributed by atoms with Gasteiger partial charge in [-0.3, -0.25) is 0 Å². The van der Waals surface area contributed by atoms with Crippen molar-refractivity contribution in [3.8, 4) is 17.2 Å². The summed E-state index contributed by atoms with van der Waals surface area (Å²) >= 11 is 0. The molecule has 3 N–H and O–H groups in total. The van der Waals surface area contributed by atoms with Crippen LogP contribution in [0.2, 0.25) is 0 Å². The molecule has 0 saturated carbocycles. The van der Waals surface area contributed by atoms with Crippen LogP contribution in [0.4, 0.5) is 0 Å². The molecule has 0 bridgehead atoms. The molecule has 5 heteroatoms. The number of carbonyl (C=O) groups excluding carboxylic acids is 1. The van der Waals surface area contributed by atoms with Crippen molar-refractivity contribution in [1.29, 1.82) is 0 Å². The van der Waals surface area contributed by atoms with E-state index in [0.717, 1.165) is 31.4 Å². The zero-order valence-corrected chi connectivity index (χ0v) is 17.7. The Morgan fingerprint density at radius 2 is 1.25 bits per heavy atom. The Morgan fingerprint density at radius 3 is 1.68 bits per heavy atom. The molecule has 0 aromatic heterocycles. The highest BCUT2D eigenvalue weighted by Crippen LogP contribution is 2.35. The van der Waals surface area contributed by atoms with Gasteiger partial charge in [0.2, 0.25) is 0 Å². The summed E-state index contributed by atoms with van der Waals surface area (Å²) in [5, 5.41) is 28.0. The van der Waals surface area contributed by atoms with Crippen LogP contribution in [0.5, 0.6) is 17.2 Å². The molecule has 0 aliphatic heterocycles. The standard InChI is InChI=1S/C19H30O5.C4H8/c1-2-3-4-5-6-7-8-9-10-11-12-24-19(23)15-13-16(20)18(22)17(21)14-15;1-3-4-2/h13-14,20-22H,2-12H2,1H3;3-4H,1-2H3. The van der Waals surface area contributed by atoms with Gasteiger partial charge in [-0.05, 0) is 32.4 Å². The average Bonchev–Trinajstić information content (AvgIpc) is 2.69. The van der Waals surface area contributed by atoms with Gasteiger partial charge in [-0.15, -0.1) is 0 Å². The molecular formula is C23H38O5. The number of benzene rings is 1. The van der Waals surface area contributed by atoms with Gasteiger partial charge >= 0.3 is 5.97 Å². The van der Waals surface area contributed by atoms with E-state index in [4.69, 9.17) is 4.74 Å². The van der Waals surface area contributed by atoms with Crippen LogP contribution in [0.25, 0.3) is 0 Å². The SMILES string of the molecule is CC=CC.CCCCCCCCCCCCOC(=O)c1cc(O)c(O)c(O)c1. The van der Waals surface area contributed by atoms with E-state index in [0.29, 0.717) is 6.61 Å². The molecule has 1 aromatic carbocycles. The maximum absolute atomic E-state index is 11.8. The molecule has 0 amide bonds. The Morgan fingerprint density at radius 1 is 0.821 bits per heavy atom. The molecule has 0 radical (unpaired) electrons. The van der Waals surface area contributed by atoms with E-state index in [1.807, 2.05) is 26.0 Å². The van der Waals surface area contributed by atoms with Crippen LogP contribution in [0, 0.1) is 0 Å². The van der Waals surface area contributed by atoms with Crippen molar-refractivity contribution in [2.45, 2.75) is 85.0 Å². The van der Waals surface area contributed by atoms with Crippen molar-refractivity contribution in [2.75, 3.05) is 6.61 Å². The molecule has 0 atom stereocenters. The third-order valence-corrected chi connectivity index (χ3v) is 4.37. The van der Waals surface area contributed by atoms with Gasteiger partial charge in [0.05, 0.1) is 12.2 Å². The molecule has 0 aliphatic carbocycles. The average molecular weight is 395 g/mol. The minimum atomic E-state index is -0.638. The van der Waals surface area contributed by atoms with E-state index in [2.05, 4.69) is 6.92 Å². The third kappa shape index (κ3) is 12.3. The fourth-order valence-electron chi connectivity index (χ4n) is 2.56. The Labute approximate surface area is 170 Å². The Balaban J connectivity index is 0.00000165. The summed E-state index contributed by atoms with van der Waals surface area (Å²) in [5.41, 5.74) is 0.0230. The zero-order chi connectivity index (χ0) is 21.2. The largest absolute Gasteiger partial charge is 0.504 e. The zero-order valence-electron chi connectivity index (χ0n) is 17.7. The molecule has 0 heterocycles. The van der Waals surface area contributed by atoms with Gasteiger partial charge < -0.3 is 20.1 Å². The summed E-state index contributed by atoms with van der Waals surface area (Å²) in [4.78, 5) is 11.8. The predicted octanol–water partition coefficient (Wildman–Crippen LogP) is 6.46. The van der Waals surface area contributed by atoms with Crippen molar-refractivity contribution in [3.63, 3.8) is 0 Å². The van der Waals surface area contributed by atoms with Crippen molar-refractivity contribution in [2.24, 2.45) is 0 Å². The molecular weight excluding hydrogens is 356 g/mol. The number of rotatable bonds is 12. The van der Waals surface area contributed by atoms with Crippen LogP contribution in [0.1, 0.15) is 95.3 Å². The lowest BCUT2D eigenvalue weighted by Crippen LogP contribution is -2.06. The second-order valence-electron chi connectivity index (χ2n) is 6.85. The lowest BCUT2D eigenvalue weighted by molar-refractivity contribution is 0.0496. The van der Waals surface area contributed by atoms with E-state index in [1.165, 1.54) is 44.9 Å². The monoisotopic (exact) mass is 394 g/mol. The minimum absolute atomic E-state index is 0.0230. The first-order valence-corrected chi connectivity index (χ1v) is 10.5. The molecule has 0 unspecified atom stereocenters. The number of aromatic hydroxyl groups is 3. The van der Waals surface area contributed by atoms with Crippen LogP contribution in [-0.2, 0) is 4.74 Å². The van der Waals surface area contributed by atoms with Crippen molar-refractivity contribution in [3.05, 3.63) is 29.8 Å². The van der Waals surface area contributed by atoms with Crippen LogP contribution in [0.15, 0.2) is 24.3 Å². The molecule has 28 heavy (non-hydrogen) atoms. The first-order valence-electron chi connectivity index (χ1n) is 10.5. The van der Waals surface area contributed by atoms with Crippen LogP contribution in [0.3, 0.4) is 0 Å². The number of allylic oxidation sites excluding steroid dienone is 2. The topological polar surface area (TPSA) is 87.0 Å². The molecule has 160 valence electrons. The van der Waals surface area contributed by atoms with E-state index in [-0.39, 0.29) is 5.56 Å². The van der Waals surface area contributed by atoms with Crippen molar-refractivity contribution in [1.82, 2.24) is 0 Å². The van der Waals surface area contributed by atoms with Gasteiger partial charge in [-0.1, -0.05) is 76.9 Å². The maximum atomic E-state index is 11.8. The highest BCUT2D eigenvalue weighted by Gasteiger charge is 2.14. The molecule has 0 saturated heterocycles. The molecule has 5 nitrogen and oxygen atoms in total. The highest BCUT2D eigenvalue weighted by atomic mass is 16.5. The highest BCUT2D eigenvalue weighted by molar-refractivity contribution is 5.91. The maximum Gasteiger partial charge on any atom is 0.338 e. The number of esters is 1. The smallest absolute Gasteiger partial charge is 0.338 e. The molecule has 0 spiro atoms. The minimum Gasteiger partial charge on any atom is -0.504 e. The van der Waals surface area contributed by atoms with Gasteiger partial charge in [0.25, 0.3) is 0 Å². The fourth-order valence-corrected chi connectivity index (χ4v) is 2.56. The first-order chi connectivity index (χ1) is 13.5. The Kier molecular flexibility index (Phi) is 15.6. The lowest BCUT2D eigenvalue weighted by Gasteiger charge is -2.07. The second-order valence-corrected chi connectivity index (χ2v) is 6.85. The Hall–Kier alpha value is -2.17. The van der Waals surface area contributed by atoms with Crippen molar-refractivity contribution >= 4 is 5.97 Å². The summed E-state index contributed by atoms with van der Waals surface area (Å²) in [5.74, 6) is -2.33. The third-order valence-electron chi connectivity index (χ3n) is 4.37. The van der Waals surface area contributed by atoms with Crippen LogP contribution >= 0.6 is 0 Å². The van der Waals surface area contributed by atoms with Crippen LogP contribution < -0.4 is 0 Å². The number of ether oxygens (including phenoxy) is 1. The van der Waals surface area contributed by atoms with Gasteiger partial charge in [-0.25, -0.2) is 4.79 Å². The number of phenols is 3. The summed E-state index contributed by atoms with van der Waals surface area (Å²) in [6.45, 7) is 6.54. The predicted molar refractivity (Wildman–Crippen MR) is 114 cm³/mol. The van der Waals surface area contributed by atoms with E-state index >= 15 is 0 Å². The molecule has 1 rings (SSSR count). The first kappa shape index (κ1) is 25.8. The lowest BCUT2D eigenvalue weighted by atomic mass is 10.1. The van der Waals surface area contributed by atoms with E-state index in [9.17, 15) is 20.1 Å². The quantitative estimate of drug-likeness (QED) is 0.164. The number of hydrogen-bond donors (Lipinski definition) is 3. The number of hydrogen-bond acceptors (Lipinski definition) is 5. The number of phenolic OH excluding ortho intramolecular Hbond substituents is 3. The number of unbranched alkanes of at least 4 members (excludes halogenated alkanes) is 9.